The van der Waals surface area contributed by atoms with Gasteiger partial charge in [0.1, 0.15) is 0 Å². The van der Waals surface area contributed by atoms with E-state index in [9.17, 15) is 13.6 Å². The first kappa shape index (κ1) is 12.1. The van der Waals surface area contributed by atoms with Gasteiger partial charge in [0.25, 0.3) is 6.43 Å². The molecule has 0 aliphatic carbocycles. The number of carbonyl (C=O) groups excluding carboxylic acids is 1. The van der Waals surface area contributed by atoms with Gasteiger partial charge in [0.15, 0.2) is 0 Å². The number of hydrogen-bond acceptors (Lipinski definition) is 3. The molecule has 1 amide bonds. The maximum absolute atomic E-state index is 11.9. The predicted molar refractivity (Wildman–Crippen MR) is 43.7 cm³/mol. The minimum absolute atomic E-state index is 0.0865. The molecular formula is C7H14F2N2O2. The van der Waals surface area contributed by atoms with Gasteiger partial charge in [0, 0.05) is 13.1 Å². The second-order valence-electron chi connectivity index (χ2n) is 2.32. The van der Waals surface area contributed by atoms with E-state index >= 15 is 0 Å². The first-order valence-corrected chi connectivity index (χ1v) is 4.01. The van der Waals surface area contributed by atoms with Crippen molar-refractivity contribution in [3.05, 3.63) is 0 Å². The van der Waals surface area contributed by atoms with Gasteiger partial charge in [0.2, 0.25) is 0 Å². The van der Waals surface area contributed by atoms with Crippen LogP contribution >= 0.6 is 0 Å². The highest BCUT2D eigenvalue weighted by molar-refractivity contribution is 5.67. The van der Waals surface area contributed by atoms with Crippen molar-refractivity contribution < 1.29 is 18.3 Å². The minimum Gasteiger partial charge on any atom is -0.450 e. The van der Waals surface area contributed by atoms with Crippen LogP contribution in [-0.2, 0) is 4.74 Å². The first-order chi connectivity index (χ1) is 6.11. The maximum atomic E-state index is 11.9. The summed E-state index contributed by atoms with van der Waals surface area (Å²) in [6, 6.07) is 0. The van der Waals surface area contributed by atoms with E-state index in [1.807, 2.05) is 0 Å². The lowest BCUT2D eigenvalue weighted by atomic mass is 10.5. The summed E-state index contributed by atoms with van der Waals surface area (Å²) in [6.45, 7) is 1.38. The summed E-state index contributed by atoms with van der Waals surface area (Å²) >= 11 is 0. The molecule has 13 heavy (non-hydrogen) atoms. The summed E-state index contributed by atoms with van der Waals surface area (Å²) in [5, 5.41) is 0. The van der Waals surface area contributed by atoms with Gasteiger partial charge < -0.3 is 15.4 Å². The fraction of sp³-hybridized carbons (Fsp3) is 0.857. The number of alkyl halides is 2. The van der Waals surface area contributed by atoms with Crippen molar-refractivity contribution in [1.29, 1.82) is 0 Å². The van der Waals surface area contributed by atoms with Gasteiger partial charge in [0.05, 0.1) is 13.2 Å². The molecule has 0 bridgehead atoms. The molecule has 0 fully saturated rings. The lowest BCUT2D eigenvalue weighted by Gasteiger charge is -2.20. The van der Waals surface area contributed by atoms with Crippen LogP contribution in [0.15, 0.2) is 0 Å². The predicted octanol–water partition coefficient (Wildman–Crippen LogP) is 0.669. The summed E-state index contributed by atoms with van der Waals surface area (Å²) < 4.78 is 28.4. The number of rotatable bonds is 5. The Morgan fingerprint density at radius 3 is 2.62 bits per heavy atom. The van der Waals surface area contributed by atoms with Gasteiger partial charge in [-0.25, -0.2) is 13.6 Å². The zero-order valence-corrected chi connectivity index (χ0v) is 7.50. The van der Waals surface area contributed by atoms with E-state index in [2.05, 4.69) is 4.74 Å². The molecule has 0 spiro atoms. The van der Waals surface area contributed by atoms with E-state index in [1.54, 1.807) is 6.92 Å². The standard InChI is InChI=1S/C7H14F2N2O2/c1-2-13-7(12)11(4-3-10)5-6(8)9/h6H,2-5,10H2,1H3. The van der Waals surface area contributed by atoms with Crippen LogP contribution in [0.3, 0.4) is 0 Å². The van der Waals surface area contributed by atoms with Crippen molar-refractivity contribution in [2.75, 3.05) is 26.2 Å². The Labute approximate surface area is 75.6 Å². The Hall–Kier alpha value is -0.910. The molecular weight excluding hydrogens is 182 g/mol. The molecule has 0 heterocycles. The number of amides is 1. The van der Waals surface area contributed by atoms with Crippen molar-refractivity contribution in [3.8, 4) is 0 Å². The Balaban J connectivity index is 3.98. The fourth-order valence-electron chi connectivity index (χ4n) is 0.794. The molecule has 0 aromatic heterocycles. The van der Waals surface area contributed by atoms with Crippen LogP contribution < -0.4 is 5.73 Å². The third-order valence-electron chi connectivity index (χ3n) is 1.28. The summed E-state index contributed by atoms with van der Waals surface area (Å²) in [5.41, 5.74) is 5.14. The quantitative estimate of drug-likeness (QED) is 0.703. The minimum atomic E-state index is -2.56. The van der Waals surface area contributed by atoms with Gasteiger partial charge in [-0.15, -0.1) is 0 Å². The van der Waals surface area contributed by atoms with Crippen LogP contribution in [0.25, 0.3) is 0 Å². The second-order valence-corrected chi connectivity index (χ2v) is 2.32. The Kier molecular flexibility index (Phi) is 6.13. The van der Waals surface area contributed by atoms with Gasteiger partial charge in [-0.05, 0) is 6.92 Å². The van der Waals surface area contributed by atoms with Gasteiger partial charge in [-0.2, -0.15) is 0 Å². The molecule has 2 N–H and O–H groups in total. The molecule has 6 heteroatoms. The number of carbonyl (C=O) groups is 1. The first-order valence-electron chi connectivity index (χ1n) is 4.01. The van der Waals surface area contributed by atoms with Gasteiger partial charge >= 0.3 is 6.09 Å². The molecule has 4 nitrogen and oxygen atoms in total. The molecule has 0 radical (unpaired) electrons. The Morgan fingerprint density at radius 2 is 2.23 bits per heavy atom. The van der Waals surface area contributed by atoms with E-state index in [1.165, 1.54) is 0 Å². The summed E-state index contributed by atoms with van der Waals surface area (Å²) in [7, 11) is 0. The van der Waals surface area contributed by atoms with Crippen molar-refractivity contribution in [2.45, 2.75) is 13.3 Å². The molecule has 0 saturated carbocycles. The van der Waals surface area contributed by atoms with Crippen LogP contribution in [0.4, 0.5) is 13.6 Å². The molecule has 0 aliphatic rings. The van der Waals surface area contributed by atoms with Crippen LogP contribution in [0.5, 0.6) is 0 Å². The summed E-state index contributed by atoms with van der Waals surface area (Å²) in [5.74, 6) is 0. The SMILES string of the molecule is CCOC(=O)N(CCN)CC(F)F. The average molecular weight is 196 g/mol. The van der Waals surface area contributed by atoms with E-state index in [0.29, 0.717) is 0 Å². The Bertz CT molecular complexity index is 155. The highest BCUT2D eigenvalue weighted by Gasteiger charge is 2.17. The van der Waals surface area contributed by atoms with Crippen LogP contribution in [0, 0.1) is 0 Å². The van der Waals surface area contributed by atoms with Crippen LogP contribution in [-0.4, -0.2) is 43.7 Å². The number of nitrogens with two attached hydrogens (primary N) is 1. The van der Waals surface area contributed by atoms with E-state index in [-0.39, 0.29) is 19.7 Å². The lowest BCUT2D eigenvalue weighted by molar-refractivity contribution is 0.0646. The van der Waals surface area contributed by atoms with Crippen molar-refractivity contribution >= 4 is 6.09 Å². The lowest BCUT2D eigenvalue weighted by Crippen LogP contribution is -2.39. The van der Waals surface area contributed by atoms with E-state index < -0.39 is 19.1 Å². The number of ether oxygens (including phenoxy) is 1. The summed E-state index contributed by atoms with van der Waals surface area (Å²) in [4.78, 5) is 11.9. The van der Waals surface area contributed by atoms with E-state index in [0.717, 1.165) is 4.90 Å². The van der Waals surface area contributed by atoms with Crippen molar-refractivity contribution in [2.24, 2.45) is 5.73 Å². The Morgan fingerprint density at radius 1 is 1.62 bits per heavy atom. The summed E-state index contributed by atoms with van der Waals surface area (Å²) in [6.07, 6.45) is -3.30. The highest BCUT2D eigenvalue weighted by Crippen LogP contribution is 2.00. The third kappa shape index (κ3) is 5.35. The zero-order chi connectivity index (χ0) is 10.3. The topological polar surface area (TPSA) is 55.6 Å². The van der Waals surface area contributed by atoms with Gasteiger partial charge in [-0.1, -0.05) is 0 Å². The van der Waals surface area contributed by atoms with Crippen molar-refractivity contribution in [3.63, 3.8) is 0 Å². The fourth-order valence-corrected chi connectivity index (χ4v) is 0.794. The van der Waals surface area contributed by atoms with Crippen molar-refractivity contribution in [1.82, 2.24) is 4.90 Å². The smallest absolute Gasteiger partial charge is 0.409 e. The monoisotopic (exact) mass is 196 g/mol. The normalized spacial score (nSPS) is 10.2. The molecule has 0 aromatic rings. The molecule has 0 aliphatic heterocycles. The van der Waals surface area contributed by atoms with Crippen LogP contribution in [0.1, 0.15) is 6.92 Å². The number of halogens is 2. The molecule has 78 valence electrons. The van der Waals surface area contributed by atoms with Crippen LogP contribution in [0.2, 0.25) is 0 Å². The van der Waals surface area contributed by atoms with E-state index in [4.69, 9.17) is 5.73 Å². The number of nitrogens with zero attached hydrogens (tertiary/aromatic N) is 1. The zero-order valence-electron chi connectivity index (χ0n) is 7.50. The molecule has 0 unspecified atom stereocenters. The largest absolute Gasteiger partial charge is 0.450 e. The third-order valence-corrected chi connectivity index (χ3v) is 1.28. The van der Waals surface area contributed by atoms with Gasteiger partial charge in [-0.3, -0.25) is 0 Å². The molecule has 0 aromatic carbocycles. The number of hydrogen-bond donors (Lipinski definition) is 1. The highest BCUT2D eigenvalue weighted by atomic mass is 19.3. The molecule has 0 atom stereocenters. The molecule has 0 rings (SSSR count). The maximum Gasteiger partial charge on any atom is 0.409 e. The second kappa shape index (κ2) is 6.59. The molecule has 0 saturated heterocycles. The average Bonchev–Trinajstić information content (AvgIpc) is 2.03.